The third kappa shape index (κ3) is 3.38. The first kappa shape index (κ1) is 17.8. The van der Waals surface area contributed by atoms with Gasteiger partial charge in [0.1, 0.15) is 11.4 Å². The summed E-state index contributed by atoms with van der Waals surface area (Å²) in [5, 5.41) is 4.48. The molecule has 1 N–H and O–H groups in total. The molecule has 0 amide bonds. The zero-order valence-corrected chi connectivity index (χ0v) is 16.3. The average Bonchev–Trinajstić information content (AvgIpc) is 3.08. The summed E-state index contributed by atoms with van der Waals surface area (Å²) < 4.78 is 0. The van der Waals surface area contributed by atoms with Gasteiger partial charge in [-0.2, -0.15) is 0 Å². The molecule has 0 saturated carbocycles. The number of hydrogen-bond acceptors (Lipinski definition) is 2. The minimum Gasteiger partial charge on any atom is -0.364 e. The van der Waals surface area contributed by atoms with Gasteiger partial charge in [0.25, 0.3) is 0 Å². The van der Waals surface area contributed by atoms with E-state index in [-0.39, 0.29) is 17.5 Å². The number of halogens is 1. The monoisotopic (exact) mass is 374 g/mol. The van der Waals surface area contributed by atoms with Crippen molar-refractivity contribution in [3.8, 4) is 0 Å². The van der Waals surface area contributed by atoms with Gasteiger partial charge in [-0.15, -0.1) is 0 Å². The van der Waals surface area contributed by atoms with Crippen LogP contribution in [0.2, 0.25) is 5.02 Å². The fourth-order valence-corrected chi connectivity index (χ4v) is 3.95. The smallest absolute Gasteiger partial charge is 0.109 e. The van der Waals surface area contributed by atoms with Crippen molar-refractivity contribution in [3.05, 3.63) is 107 Å². The lowest BCUT2D eigenvalue weighted by atomic mass is 9.82. The average molecular weight is 375 g/mol. The van der Waals surface area contributed by atoms with Crippen molar-refractivity contribution >= 4 is 17.4 Å². The second-order valence-electron chi connectivity index (χ2n) is 7.27. The van der Waals surface area contributed by atoms with Crippen molar-refractivity contribution < 1.29 is 0 Å². The van der Waals surface area contributed by atoms with E-state index in [1.54, 1.807) is 0 Å². The zero-order chi connectivity index (χ0) is 18.9. The number of aliphatic imine (C=N–C) groups is 1. The quantitative estimate of drug-likeness (QED) is 0.586. The first-order chi connectivity index (χ1) is 13.1. The minimum absolute atomic E-state index is 0.0888. The summed E-state index contributed by atoms with van der Waals surface area (Å²) in [5.41, 5.74) is 3.30. The van der Waals surface area contributed by atoms with Crippen LogP contribution >= 0.6 is 11.6 Å². The fraction of sp³-hybridized carbons (Fsp3) is 0.208. The van der Waals surface area contributed by atoms with Gasteiger partial charge in [0.2, 0.25) is 0 Å². The van der Waals surface area contributed by atoms with Crippen LogP contribution in [0.5, 0.6) is 0 Å². The Bertz CT molecular complexity index is 935. The van der Waals surface area contributed by atoms with Crippen molar-refractivity contribution in [2.24, 2.45) is 4.99 Å². The molecule has 136 valence electrons. The van der Waals surface area contributed by atoms with E-state index >= 15 is 0 Å². The zero-order valence-electron chi connectivity index (χ0n) is 15.6. The van der Waals surface area contributed by atoms with Crippen LogP contribution in [0, 0.1) is 0 Å². The molecule has 0 bridgehead atoms. The van der Waals surface area contributed by atoms with Crippen LogP contribution in [0.3, 0.4) is 0 Å². The van der Waals surface area contributed by atoms with Crippen molar-refractivity contribution in [2.45, 2.75) is 31.3 Å². The van der Waals surface area contributed by atoms with Gasteiger partial charge in [-0.05, 0) is 35.7 Å². The van der Waals surface area contributed by atoms with E-state index < -0.39 is 0 Å². The van der Waals surface area contributed by atoms with Crippen molar-refractivity contribution in [2.75, 3.05) is 0 Å². The van der Waals surface area contributed by atoms with E-state index in [0.29, 0.717) is 0 Å². The van der Waals surface area contributed by atoms with Crippen LogP contribution in [0.4, 0.5) is 0 Å². The Morgan fingerprint density at radius 3 is 2.11 bits per heavy atom. The normalized spacial score (nSPS) is 22.8. The lowest BCUT2D eigenvalue weighted by Gasteiger charge is -2.30. The van der Waals surface area contributed by atoms with E-state index in [1.165, 1.54) is 16.7 Å². The van der Waals surface area contributed by atoms with Crippen LogP contribution in [0.1, 0.15) is 42.5 Å². The van der Waals surface area contributed by atoms with Gasteiger partial charge in [0, 0.05) is 10.9 Å². The van der Waals surface area contributed by atoms with Crippen LogP contribution < -0.4 is 5.32 Å². The Hall–Kier alpha value is -2.58. The van der Waals surface area contributed by atoms with Gasteiger partial charge in [0.15, 0.2) is 0 Å². The van der Waals surface area contributed by atoms with Gasteiger partial charge >= 0.3 is 0 Å². The molecule has 3 heteroatoms. The van der Waals surface area contributed by atoms with E-state index in [2.05, 4.69) is 85.9 Å². The van der Waals surface area contributed by atoms with E-state index in [1.807, 2.05) is 18.2 Å². The van der Waals surface area contributed by atoms with Gasteiger partial charge in [-0.1, -0.05) is 91.3 Å². The molecule has 2 nitrogen and oxygen atoms in total. The van der Waals surface area contributed by atoms with Crippen LogP contribution in [0.15, 0.2) is 89.9 Å². The lowest BCUT2D eigenvalue weighted by molar-refractivity contribution is 0.405. The van der Waals surface area contributed by atoms with Crippen molar-refractivity contribution in [1.82, 2.24) is 5.32 Å². The molecule has 0 aromatic heterocycles. The second-order valence-corrected chi connectivity index (χ2v) is 7.71. The standard InChI is InChI=1S/C24H23ClN2/c1-17(18-13-15-21(25)16-14-18)23-26-22(19-9-5-3-6-10-19)24(2,27-23)20-11-7-4-8-12-20/h3-17,22H,1-2H3,(H,26,27). The predicted molar refractivity (Wildman–Crippen MR) is 113 cm³/mol. The Balaban J connectivity index is 1.76. The summed E-state index contributed by atoms with van der Waals surface area (Å²) in [6.45, 7) is 4.41. The number of nitrogens with zero attached hydrogens (tertiary/aromatic N) is 1. The molecule has 1 aliphatic rings. The third-order valence-electron chi connectivity index (χ3n) is 5.48. The highest BCUT2D eigenvalue weighted by molar-refractivity contribution is 6.30. The maximum atomic E-state index is 6.06. The predicted octanol–water partition coefficient (Wildman–Crippen LogP) is 6.10. The SMILES string of the molecule is CC(C1=NC(C)(c2ccccc2)C(c2ccccc2)N1)c1ccc(Cl)cc1. The largest absolute Gasteiger partial charge is 0.364 e. The van der Waals surface area contributed by atoms with Gasteiger partial charge in [0.05, 0.1) is 6.04 Å². The van der Waals surface area contributed by atoms with Crippen molar-refractivity contribution in [3.63, 3.8) is 0 Å². The number of amidine groups is 1. The molecule has 0 radical (unpaired) electrons. The van der Waals surface area contributed by atoms with E-state index in [4.69, 9.17) is 16.6 Å². The summed E-state index contributed by atoms with van der Waals surface area (Å²) in [4.78, 5) is 5.22. The van der Waals surface area contributed by atoms with E-state index in [9.17, 15) is 0 Å². The molecule has 3 aromatic carbocycles. The molecule has 0 aliphatic carbocycles. The number of nitrogens with one attached hydrogen (secondary N) is 1. The molecule has 0 spiro atoms. The highest BCUT2D eigenvalue weighted by Crippen LogP contribution is 2.43. The summed E-state index contributed by atoms with van der Waals surface area (Å²) >= 11 is 6.06. The highest BCUT2D eigenvalue weighted by atomic mass is 35.5. The third-order valence-corrected chi connectivity index (χ3v) is 5.73. The number of hydrogen-bond donors (Lipinski definition) is 1. The highest BCUT2D eigenvalue weighted by Gasteiger charge is 2.43. The van der Waals surface area contributed by atoms with Gasteiger partial charge in [-0.3, -0.25) is 4.99 Å². The first-order valence-corrected chi connectivity index (χ1v) is 9.68. The van der Waals surface area contributed by atoms with Crippen LogP contribution in [0.25, 0.3) is 0 Å². The van der Waals surface area contributed by atoms with Crippen molar-refractivity contribution in [1.29, 1.82) is 0 Å². The fourth-order valence-electron chi connectivity index (χ4n) is 3.83. The number of benzene rings is 3. The molecule has 3 atom stereocenters. The molecule has 27 heavy (non-hydrogen) atoms. The van der Waals surface area contributed by atoms with Gasteiger partial charge < -0.3 is 5.32 Å². The van der Waals surface area contributed by atoms with Crippen LogP contribution in [-0.2, 0) is 5.54 Å². The maximum absolute atomic E-state index is 6.06. The Kier molecular flexibility index (Phi) is 4.75. The molecular weight excluding hydrogens is 352 g/mol. The Labute approximate surface area is 165 Å². The summed E-state index contributed by atoms with van der Waals surface area (Å²) in [5.74, 6) is 1.18. The molecular formula is C24H23ClN2. The lowest BCUT2D eigenvalue weighted by Crippen LogP contribution is -2.33. The maximum Gasteiger partial charge on any atom is 0.109 e. The molecule has 1 aliphatic heterocycles. The topological polar surface area (TPSA) is 24.4 Å². The molecule has 0 fully saturated rings. The minimum atomic E-state index is -0.362. The summed E-state index contributed by atoms with van der Waals surface area (Å²) in [6.07, 6.45) is 0. The molecule has 3 unspecified atom stereocenters. The molecule has 0 saturated heterocycles. The molecule has 3 aromatic rings. The first-order valence-electron chi connectivity index (χ1n) is 9.30. The van der Waals surface area contributed by atoms with Crippen LogP contribution in [-0.4, -0.2) is 5.84 Å². The summed E-state index contributed by atoms with van der Waals surface area (Å²) in [6, 6.07) is 29.2. The second kappa shape index (κ2) is 7.21. The van der Waals surface area contributed by atoms with Gasteiger partial charge in [-0.25, -0.2) is 0 Å². The molecule has 1 heterocycles. The Morgan fingerprint density at radius 2 is 1.48 bits per heavy atom. The molecule has 4 rings (SSSR count). The number of rotatable bonds is 4. The Morgan fingerprint density at radius 1 is 0.889 bits per heavy atom. The van der Waals surface area contributed by atoms with E-state index in [0.717, 1.165) is 10.9 Å². The summed E-state index contributed by atoms with van der Waals surface area (Å²) in [7, 11) is 0.